The van der Waals surface area contributed by atoms with Crippen molar-refractivity contribution in [3.63, 3.8) is 0 Å². The Hall–Kier alpha value is -1.60. The highest BCUT2D eigenvalue weighted by atomic mass is 16.5. The largest absolute Gasteiger partial charge is 0.444 e. The van der Waals surface area contributed by atoms with E-state index < -0.39 is 0 Å². The van der Waals surface area contributed by atoms with Gasteiger partial charge in [-0.15, -0.1) is 0 Å². The number of rotatable bonds is 7. The number of nitrogens with one attached hydrogen (secondary N) is 1. The molecule has 0 aliphatic carbocycles. The molecule has 0 atom stereocenters. The Morgan fingerprint density at radius 3 is 2.78 bits per heavy atom. The number of guanidine groups is 1. The van der Waals surface area contributed by atoms with Gasteiger partial charge in [-0.25, -0.2) is 4.98 Å². The van der Waals surface area contributed by atoms with Gasteiger partial charge in [0.05, 0.1) is 18.8 Å². The van der Waals surface area contributed by atoms with Crippen LogP contribution in [0.4, 0.5) is 0 Å². The van der Waals surface area contributed by atoms with Gasteiger partial charge in [0.2, 0.25) is 5.89 Å². The summed E-state index contributed by atoms with van der Waals surface area (Å²) in [5.74, 6) is 2.85. The standard InChI is InChI=1S/C16H29N5O2/c1-12-13(2)23-15(20-12)11-21-7-4-14(5-8-21)10-19-16(17)18-6-9-22-3/h14H,4-11H2,1-3H3,(H3,17,18,19). The van der Waals surface area contributed by atoms with Crippen LogP contribution in [0.25, 0.3) is 0 Å². The number of piperidine rings is 1. The number of hydrogen-bond donors (Lipinski definition) is 2. The topological polar surface area (TPSA) is 88.9 Å². The number of hydrogen-bond acceptors (Lipinski definition) is 5. The minimum absolute atomic E-state index is 0.509. The number of methoxy groups -OCH3 is 1. The maximum Gasteiger partial charge on any atom is 0.208 e. The van der Waals surface area contributed by atoms with Crippen molar-refractivity contribution < 1.29 is 9.15 Å². The zero-order valence-electron chi connectivity index (χ0n) is 14.5. The Bertz CT molecular complexity index is 487. The van der Waals surface area contributed by atoms with E-state index in [0.29, 0.717) is 25.0 Å². The van der Waals surface area contributed by atoms with E-state index in [1.165, 1.54) is 0 Å². The van der Waals surface area contributed by atoms with Crippen molar-refractivity contribution in [2.75, 3.05) is 39.9 Å². The Morgan fingerprint density at radius 1 is 1.43 bits per heavy atom. The van der Waals surface area contributed by atoms with Crippen molar-refractivity contribution in [1.82, 2.24) is 15.2 Å². The van der Waals surface area contributed by atoms with Crippen LogP contribution in [0.1, 0.15) is 30.2 Å². The zero-order chi connectivity index (χ0) is 16.7. The number of aryl methyl sites for hydroxylation is 2. The summed E-state index contributed by atoms with van der Waals surface area (Å²) in [5, 5.41) is 3.04. The fourth-order valence-corrected chi connectivity index (χ4v) is 2.69. The van der Waals surface area contributed by atoms with Crippen LogP contribution >= 0.6 is 0 Å². The van der Waals surface area contributed by atoms with Gasteiger partial charge in [0.15, 0.2) is 5.96 Å². The lowest BCUT2D eigenvalue weighted by molar-refractivity contribution is 0.166. The zero-order valence-corrected chi connectivity index (χ0v) is 14.5. The Kier molecular flexibility index (Phi) is 6.85. The van der Waals surface area contributed by atoms with Gasteiger partial charge >= 0.3 is 0 Å². The number of aromatic nitrogens is 1. The molecule has 7 heteroatoms. The van der Waals surface area contributed by atoms with Gasteiger partial charge in [0.25, 0.3) is 0 Å². The van der Waals surface area contributed by atoms with E-state index in [1.807, 2.05) is 13.8 Å². The normalized spacial score (nSPS) is 17.6. The molecule has 2 heterocycles. The molecule has 0 amide bonds. The van der Waals surface area contributed by atoms with Crippen LogP contribution in [0.5, 0.6) is 0 Å². The monoisotopic (exact) mass is 323 g/mol. The first-order valence-electron chi connectivity index (χ1n) is 8.26. The molecular formula is C16H29N5O2. The van der Waals surface area contributed by atoms with Gasteiger partial charge in [-0.1, -0.05) is 0 Å². The van der Waals surface area contributed by atoms with Crippen LogP contribution in [0.2, 0.25) is 0 Å². The minimum atomic E-state index is 0.509. The van der Waals surface area contributed by atoms with E-state index in [4.69, 9.17) is 14.9 Å². The number of likely N-dealkylation sites (tertiary alicyclic amines) is 1. The molecule has 1 aliphatic heterocycles. The van der Waals surface area contributed by atoms with Gasteiger partial charge in [-0.05, 0) is 45.7 Å². The predicted molar refractivity (Wildman–Crippen MR) is 90.3 cm³/mol. The highest BCUT2D eigenvalue weighted by molar-refractivity contribution is 5.77. The van der Waals surface area contributed by atoms with E-state index in [9.17, 15) is 0 Å². The molecular weight excluding hydrogens is 294 g/mol. The Labute approximate surface area is 138 Å². The second-order valence-electron chi connectivity index (χ2n) is 6.11. The van der Waals surface area contributed by atoms with E-state index >= 15 is 0 Å². The average molecular weight is 323 g/mol. The molecule has 1 saturated heterocycles. The van der Waals surface area contributed by atoms with Crippen LogP contribution in [0.3, 0.4) is 0 Å². The predicted octanol–water partition coefficient (Wildman–Crippen LogP) is 1.05. The van der Waals surface area contributed by atoms with Crippen molar-refractivity contribution in [1.29, 1.82) is 0 Å². The maximum absolute atomic E-state index is 5.83. The third-order valence-electron chi connectivity index (χ3n) is 4.27. The number of oxazole rings is 1. The lowest BCUT2D eigenvalue weighted by Crippen LogP contribution is -2.36. The van der Waals surface area contributed by atoms with Gasteiger partial charge in [0, 0.05) is 20.2 Å². The van der Waals surface area contributed by atoms with Crippen LogP contribution in [-0.4, -0.2) is 55.7 Å². The van der Waals surface area contributed by atoms with Gasteiger partial charge in [-0.3, -0.25) is 9.89 Å². The van der Waals surface area contributed by atoms with Crippen molar-refractivity contribution in [3.8, 4) is 0 Å². The van der Waals surface area contributed by atoms with Crippen LogP contribution < -0.4 is 11.1 Å². The van der Waals surface area contributed by atoms with Crippen molar-refractivity contribution >= 4 is 5.96 Å². The van der Waals surface area contributed by atoms with Crippen LogP contribution in [-0.2, 0) is 11.3 Å². The number of aliphatic imine (C=N–C) groups is 1. The fourth-order valence-electron chi connectivity index (χ4n) is 2.69. The van der Waals surface area contributed by atoms with Crippen molar-refractivity contribution in [2.24, 2.45) is 16.6 Å². The summed E-state index contributed by atoms with van der Waals surface area (Å²) in [4.78, 5) is 11.3. The average Bonchev–Trinajstić information content (AvgIpc) is 2.85. The number of nitrogens with zero attached hydrogens (tertiary/aromatic N) is 3. The first kappa shape index (κ1) is 17.7. The summed E-state index contributed by atoms with van der Waals surface area (Å²) >= 11 is 0. The lowest BCUT2D eigenvalue weighted by atomic mass is 9.97. The molecule has 1 fully saturated rings. The SMILES string of the molecule is COCCNC(N)=NCC1CCN(Cc2nc(C)c(C)o2)CC1. The van der Waals surface area contributed by atoms with E-state index in [2.05, 4.69) is 20.2 Å². The minimum Gasteiger partial charge on any atom is -0.444 e. The molecule has 1 aliphatic rings. The third-order valence-corrected chi connectivity index (χ3v) is 4.27. The molecule has 1 aromatic heterocycles. The molecule has 0 aromatic carbocycles. The van der Waals surface area contributed by atoms with Gasteiger partial charge in [0.1, 0.15) is 5.76 Å². The van der Waals surface area contributed by atoms with Crippen molar-refractivity contribution in [2.45, 2.75) is 33.2 Å². The second kappa shape index (κ2) is 8.88. The first-order chi connectivity index (χ1) is 11.1. The quantitative estimate of drug-likeness (QED) is 0.443. The molecule has 1 aromatic rings. The molecule has 130 valence electrons. The molecule has 3 N–H and O–H groups in total. The summed E-state index contributed by atoms with van der Waals surface area (Å²) < 4.78 is 10.6. The molecule has 0 spiro atoms. The lowest BCUT2D eigenvalue weighted by Gasteiger charge is -2.30. The molecule has 0 unspecified atom stereocenters. The molecule has 0 radical (unpaired) electrons. The molecule has 2 rings (SSSR count). The third kappa shape index (κ3) is 5.84. The molecule has 7 nitrogen and oxygen atoms in total. The molecule has 0 saturated carbocycles. The number of ether oxygens (including phenoxy) is 1. The Morgan fingerprint density at radius 2 is 2.17 bits per heavy atom. The van der Waals surface area contributed by atoms with Crippen LogP contribution in [0.15, 0.2) is 9.41 Å². The fraction of sp³-hybridized carbons (Fsp3) is 0.750. The molecule has 0 bridgehead atoms. The maximum atomic E-state index is 5.83. The highest BCUT2D eigenvalue weighted by Crippen LogP contribution is 2.19. The van der Waals surface area contributed by atoms with E-state index in [1.54, 1.807) is 7.11 Å². The smallest absolute Gasteiger partial charge is 0.208 e. The summed E-state index contributed by atoms with van der Waals surface area (Å²) in [6, 6.07) is 0. The number of nitrogens with two attached hydrogens (primary N) is 1. The second-order valence-corrected chi connectivity index (χ2v) is 6.11. The van der Waals surface area contributed by atoms with E-state index in [-0.39, 0.29) is 0 Å². The van der Waals surface area contributed by atoms with Gasteiger partial charge in [-0.2, -0.15) is 0 Å². The molecule has 23 heavy (non-hydrogen) atoms. The van der Waals surface area contributed by atoms with E-state index in [0.717, 1.165) is 56.4 Å². The summed E-state index contributed by atoms with van der Waals surface area (Å²) in [6.45, 7) is 8.96. The highest BCUT2D eigenvalue weighted by Gasteiger charge is 2.20. The van der Waals surface area contributed by atoms with Crippen molar-refractivity contribution in [3.05, 3.63) is 17.3 Å². The summed E-state index contributed by atoms with van der Waals surface area (Å²) in [7, 11) is 1.67. The summed E-state index contributed by atoms with van der Waals surface area (Å²) in [6.07, 6.45) is 2.26. The van der Waals surface area contributed by atoms with Crippen LogP contribution in [0, 0.1) is 19.8 Å². The summed E-state index contributed by atoms with van der Waals surface area (Å²) in [5.41, 5.74) is 6.82. The van der Waals surface area contributed by atoms with Gasteiger partial charge < -0.3 is 20.2 Å². The Balaban J connectivity index is 1.68. The first-order valence-corrected chi connectivity index (χ1v) is 8.26.